The summed E-state index contributed by atoms with van der Waals surface area (Å²) in [6.07, 6.45) is 0. The van der Waals surface area contributed by atoms with Gasteiger partial charge in [-0.3, -0.25) is 4.79 Å². The van der Waals surface area contributed by atoms with Crippen molar-refractivity contribution in [2.24, 2.45) is 0 Å². The molecule has 0 aliphatic rings. The maximum Gasteiger partial charge on any atom is 0.344 e. The standard InChI is InChI=1S/C17H16INO5/c1-22-14-7-2-3-8-15(14)23-11-17(21)24-10-16(20)19-13-6-4-5-12(18)9-13/h2-9H,10-11H2,1H3,(H,19,20). The molecule has 6 nitrogen and oxygen atoms in total. The Kier molecular flexibility index (Phi) is 6.86. The van der Waals surface area contributed by atoms with Crippen molar-refractivity contribution in [1.29, 1.82) is 0 Å². The fourth-order valence-electron chi connectivity index (χ4n) is 1.83. The molecule has 1 amide bonds. The zero-order chi connectivity index (χ0) is 17.4. The van der Waals surface area contributed by atoms with Crippen LogP contribution >= 0.6 is 22.6 Å². The van der Waals surface area contributed by atoms with E-state index in [4.69, 9.17) is 14.2 Å². The Morgan fingerprint density at radius 2 is 1.79 bits per heavy atom. The summed E-state index contributed by atoms with van der Waals surface area (Å²) in [5.74, 6) is -0.108. The zero-order valence-corrected chi connectivity index (χ0v) is 15.1. The molecule has 0 heterocycles. The fraction of sp³-hybridized carbons (Fsp3) is 0.176. The van der Waals surface area contributed by atoms with E-state index in [9.17, 15) is 9.59 Å². The van der Waals surface area contributed by atoms with Crippen LogP contribution in [0.4, 0.5) is 5.69 Å². The van der Waals surface area contributed by atoms with Gasteiger partial charge in [0.05, 0.1) is 7.11 Å². The van der Waals surface area contributed by atoms with Gasteiger partial charge in [-0.2, -0.15) is 0 Å². The minimum absolute atomic E-state index is 0.309. The second-order valence-corrected chi connectivity index (χ2v) is 5.90. The SMILES string of the molecule is COc1ccccc1OCC(=O)OCC(=O)Nc1cccc(I)c1. The topological polar surface area (TPSA) is 73.9 Å². The smallest absolute Gasteiger partial charge is 0.344 e. The van der Waals surface area contributed by atoms with Gasteiger partial charge in [-0.1, -0.05) is 18.2 Å². The van der Waals surface area contributed by atoms with Crippen LogP contribution in [0.3, 0.4) is 0 Å². The first kappa shape index (κ1) is 18.1. The van der Waals surface area contributed by atoms with Gasteiger partial charge in [0.2, 0.25) is 0 Å². The number of methoxy groups -OCH3 is 1. The van der Waals surface area contributed by atoms with E-state index >= 15 is 0 Å². The largest absolute Gasteiger partial charge is 0.493 e. The number of carbonyl (C=O) groups is 2. The number of rotatable bonds is 7. The van der Waals surface area contributed by atoms with Crippen molar-refractivity contribution in [1.82, 2.24) is 0 Å². The Labute approximate surface area is 153 Å². The lowest BCUT2D eigenvalue weighted by molar-refractivity contribution is -0.149. The molecular formula is C17H16INO5. The van der Waals surface area contributed by atoms with Crippen molar-refractivity contribution in [2.75, 3.05) is 25.6 Å². The minimum atomic E-state index is -0.640. The van der Waals surface area contributed by atoms with E-state index in [1.54, 1.807) is 30.3 Å². The summed E-state index contributed by atoms with van der Waals surface area (Å²) >= 11 is 2.14. The van der Waals surface area contributed by atoms with E-state index in [-0.39, 0.29) is 13.2 Å². The highest BCUT2D eigenvalue weighted by atomic mass is 127. The molecule has 2 rings (SSSR count). The van der Waals surface area contributed by atoms with Gasteiger partial charge in [0.1, 0.15) is 0 Å². The number of para-hydroxylation sites is 2. The summed E-state index contributed by atoms with van der Waals surface area (Å²) < 4.78 is 16.3. The molecule has 0 aromatic heterocycles. The maximum atomic E-state index is 11.8. The third-order valence-electron chi connectivity index (χ3n) is 2.89. The van der Waals surface area contributed by atoms with Gasteiger partial charge in [-0.25, -0.2) is 4.79 Å². The Balaban J connectivity index is 1.75. The van der Waals surface area contributed by atoms with Gasteiger partial charge in [-0.05, 0) is 52.9 Å². The molecule has 1 N–H and O–H groups in total. The summed E-state index contributed by atoms with van der Waals surface area (Å²) in [7, 11) is 1.51. The monoisotopic (exact) mass is 441 g/mol. The molecule has 0 aliphatic carbocycles. The van der Waals surface area contributed by atoms with E-state index in [1.807, 2.05) is 18.2 Å². The number of amides is 1. The fourth-order valence-corrected chi connectivity index (χ4v) is 2.37. The van der Waals surface area contributed by atoms with E-state index in [0.29, 0.717) is 17.2 Å². The Hall–Kier alpha value is -2.29. The van der Waals surface area contributed by atoms with Crippen LogP contribution in [-0.4, -0.2) is 32.2 Å². The number of esters is 1. The molecule has 0 spiro atoms. The predicted molar refractivity (Wildman–Crippen MR) is 97.2 cm³/mol. The lowest BCUT2D eigenvalue weighted by Crippen LogP contribution is -2.23. The highest BCUT2D eigenvalue weighted by molar-refractivity contribution is 14.1. The van der Waals surface area contributed by atoms with E-state index < -0.39 is 11.9 Å². The van der Waals surface area contributed by atoms with Crippen molar-refractivity contribution in [3.63, 3.8) is 0 Å². The summed E-state index contributed by atoms with van der Waals surface area (Å²) in [6, 6.07) is 14.2. The van der Waals surface area contributed by atoms with Crippen molar-refractivity contribution < 1.29 is 23.8 Å². The first-order valence-electron chi connectivity index (χ1n) is 7.05. The molecule has 0 bridgehead atoms. The van der Waals surface area contributed by atoms with Crippen molar-refractivity contribution in [3.05, 3.63) is 52.1 Å². The van der Waals surface area contributed by atoms with Crippen LogP contribution < -0.4 is 14.8 Å². The average molecular weight is 441 g/mol. The first-order valence-corrected chi connectivity index (χ1v) is 8.13. The van der Waals surface area contributed by atoms with E-state index in [0.717, 1.165) is 3.57 Å². The van der Waals surface area contributed by atoms with Crippen LogP contribution in [0.2, 0.25) is 0 Å². The molecule has 0 radical (unpaired) electrons. The number of carbonyl (C=O) groups excluding carboxylic acids is 2. The van der Waals surface area contributed by atoms with Crippen LogP contribution in [0.5, 0.6) is 11.5 Å². The normalized spacial score (nSPS) is 9.92. The molecule has 0 saturated heterocycles. The van der Waals surface area contributed by atoms with Gasteiger partial charge >= 0.3 is 5.97 Å². The lowest BCUT2D eigenvalue weighted by Gasteiger charge is -2.10. The van der Waals surface area contributed by atoms with Crippen LogP contribution in [0.15, 0.2) is 48.5 Å². The second-order valence-electron chi connectivity index (χ2n) is 4.66. The van der Waals surface area contributed by atoms with Crippen molar-refractivity contribution >= 4 is 40.2 Å². The number of benzene rings is 2. The number of hydrogen-bond donors (Lipinski definition) is 1. The van der Waals surface area contributed by atoms with Gasteiger partial charge in [-0.15, -0.1) is 0 Å². The van der Waals surface area contributed by atoms with Gasteiger partial charge in [0.15, 0.2) is 24.7 Å². The molecule has 0 saturated carbocycles. The van der Waals surface area contributed by atoms with E-state index in [1.165, 1.54) is 7.11 Å². The molecule has 0 aliphatic heterocycles. The molecule has 2 aromatic rings. The highest BCUT2D eigenvalue weighted by Gasteiger charge is 2.10. The first-order chi connectivity index (χ1) is 11.6. The Morgan fingerprint density at radius 1 is 1.04 bits per heavy atom. The third kappa shape index (κ3) is 5.73. The van der Waals surface area contributed by atoms with Gasteiger partial charge in [0, 0.05) is 9.26 Å². The van der Waals surface area contributed by atoms with Crippen LogP contribution in [0.25, 0.3) is 0 Å². The Morgan fingerprint density at radius 3 is 2.50 bits per heavy atom. The molecule has 0 fully saturated rings. The summed E-state index contributed by atoms with van der Waals surface area (Å²) in [5, 5.41) is 2.65. The number of nitrogens with one attached hydrogen (secondary N) is 1. The zero-order valence-electron chi connectivity index (χ0n) is 13.0. The second kappa shape index (κ2) is 9.11. The molecule has 0 atom stereocenters. The van der Waals surface area contributed by atoms with Crippen LogP contribution in [0, 0.1) is 3.57 Å². The van der Waals surface area contributed by atoms with Gasteiger partial charge in [0.25, 0.3) is 5.91 Å². The summed E-state index contributed by atoms with van der Waals surface area (Å²) in [5.41, 5.74) is 0.647. The molecular weight excluding hydrogens is 425 g/mol. The number of hydrogen-bond acceptors (Lipinski definition) is 5. The third-order valence-corrected chi connectivity index (χ3v) is 3.56. The van der Waals surface area contributed by atoms with Crippen molar-refractivity contribution in [2.45, 2.75) is 0 Å². The quantitative estimate of drug-likeness (QED) is 0.529. The van der Waals surface area contributed by atoms with Crippen molar-refractivity contribution in [3.8, 4) is 11.5 Å². The molecule has 126 valence electrons. The van der Waals surface area contributed by atoms with Crippen LogP contribution in [-0.2, 0) is 14.3 Å². The summed E-state index contributed by atoms with van der Waals surface area (Å²) in [6.45, 7) is -0.684. The summed E-state index contributed by atoms with van der Waals surface area (Å²) in [4.78, 5) is 23.4. The molecule has 2 aromatic carbocycles. The lowest BCUT2D eigenvalue weighted by atomic mass is 10.3. The van der Waals surface area contributed by atoms with Gasteiger partial charge < -0.3 is 19.5 Å². The highest BCUT2D eigenvalue weighted by Crippen LogP contribution is 2.25. The predicted octanol–water partition coefficient (Wildman–Crippen LogP) is 2.86. The minimum Gasteiger partial charge on any atom is -0.493 e. The number of anilines is 1. The molecule has 0 unspecified atom stereocenters. The molecule has 7 heteroatoms. The number of ether oxygens (including phenoxy) is 3. The molecule has 24 heavy (non-hydrogen) atoms. The van der Waals surface area contributed by atoms with E-state index in [2.05, 4.69) is 27.9 Å². The number of halogens is 1. The Bertz CT molecular complexity index is 720. The average Bonchev–Trinajstić information content (AvgIpc) is 2.58. The maximum absolute atomic E-state index is 11.8. The van der Waals surface area contributed by atoms with Crippen LogP contribution in [0.1, 0.15) is 0 Å².